The van der Waals surface area contributed by atoms with E-state index in [1.54, 1.807) is 0 Å². The average molecular weight is 339 g/mol. The van der Waals surface area contributed by atoms with E-state index in [4.69, 9.17) is 9.97 Å². The summed E-state index contributed by atoms with van der Waals surface area (Å²) in [5.74, 6) is 1.77. The van der Waals surface area contributed by atoms with Crippen molar-refractivity contribution in [2.45, 2.75) is 26.7 Å². The summed E-state index contributed by atoms with van der Waals surface area (Å²) in [4.78, 5) is 14.4. The zero-order chi connectivity index (χ0) is 17.5. The lowest BCUT2D eigenvalue weighted by molar-refractivity contribution is 0.270. The highest BCUT2D eigenvalue weighted by atomic mass is 15.3. The number of anilines is 2. The highest BCUT2D eigenvalue weighted by Crippen LogP contribution is 2.23. The molecule has 0 unspecified atom stereocenters. The van der Waals surface area contributed by atoms with Gasteiger partial charge in [0.1, 0.15) is 5.82 Å². The van der Waals surface area contributed by atoms with Crippen LogP contribution in [-0.4, -0.2) is 54.1 Å². The fourth-order valence-electron chi connectivity index (χ4n) is 3.08. The standard InChI is InChI=1S/C20H29N5/c1-3-5-11-21-19-16-18(17-9-7-6-8-10-17)22-20(23-19)25-14-12-24(4-2)13-15-25/h6-10,16H,3-5,11-15H2,1-2H3,(H,21,22,23). The Bertz CT molecular complexity index is 650. The lowest BCUT2D eigenvalue weighted by atomic mass is 10.1. The van der Waals surface area contributed by atoms with Gasteiger partial charge < -0.3 is 15.1 Å². The molecule has 1 aliphatic rings. The average Bonchev–Trinajstić information content (AvgIpc) is 2.69. The molecule has 1 aromatic heterocycles. The number of hydrogen-bond acceptors (Lipinski definition) is 5. The van der Waals surface area contributed by atoms with Crippen molar-refractivity contribution in [3.05, 3.63) is 36.4 Å². The molecule has 5 heteroatoms. The predicted molar refractivity (Wildman–Crippen MR) is 105 cm³/mol. The summed E-state index contributed by atoms with van der Waals surface area (Å²) in [5, 5.41) is 3.47. The van der Waals surface area contributed by atoms with Crippen molar-refractivity contribution in [1.29, 1.82) is 0 Å². The van der Waals surface area contributed by atoms with Crippen molar-refractivity contribution in [3.63, 3.8) is 0 Å². The number of piperazine rings is 1. The van der Waals surface area contributed by atoms with Crippen molar-refractivity contribution in [2.75, 3.05) is 49.5 Å². The largest absolute Gasteiger partial charge is 0.370 e. The molecule has 0 saturated carbocycles. The van der Waals surface area contributed by atoms with Gasteiger partial charge in [-0.05, 0) is 13.0 Å². The van der Waals surface area contributed by atoms with Crippen LogP contribution >= 0.6 is 0 Å². The van der Waals surface area contributed by atoms with Crippen molar-refractivity contribution in [1.82, 2.24) is 14.9 Å². The van der Waals surface area contributed by atoms with Gasteiger partial charge in [-0.1, -0.05) is 50.6 Å². The lowest BCUT2D eigenvalue weighted by Gasteiger charge is -2.34. The Labute approximate surface area is 151 Å². The highest BCUT2D eigenvalue weighted by Gasteiger charge is 2.19. The monoisotopic (exact) mass is 339 g/mol. The van der Waals surface area contributed by atoms with E-state index < -0.39 is 0 Å². The molecule has 1 saturated heterocycles. The molecule has 25 heavy (non-hydrogen) atoms. The molecule has 0 amide bonds. The van der Waals surface area contributed by atoms with Crippen LogP contribution in [0.1, 0.15) is 26.7 Å². The van der Waals surface area contributed by atoms with Gasteiger partial charge in [0.2, 0.25) is 5.95 Å². The van der Waals surface area contributed by atoms with Crippen LogP contribution in [0.3, 0.4) is 0 Å². The molecule has 0 spiro atoms. The topological polar surface area (TPSA) is 44.3 Å². The third kappa shape index (κ3) is 4.69. The molecule has 1 fully saturated rings. The number of nitrogens with one attached hydrogen (secondary N) is 1. The number of benzene rings is 1. The molecule has 0 radical (unpaired) electrons. The molecule has 1 aliphatic heterocycles. The second-order valence-electron chi connectivity index (χ2n) is 6.51. The van der Waals surface area contributed by atoms with Gasteiger partial charge in [-0.25, -0.2) is 4.98 Å². The lowest BCUT2D eigenvalue weighted by Crippen LogP contribution is -2.46. The van der Waals surface area contributed by atoms with Gasteiger partial charge >= 0.3 is 0 Å². The molecular formula is C20H29N5. The second kappa shape index (κ2) is 8.81. The molecule has 134 valence electrons. The smallest absolute Gasteiger partial charge is 0.227 e. The van der Waals surface area contributed by atoms with Gasteiger partial charge in [0, 0.05) is 44.4 Å². The van der Waals surface area contributed by atoms with Gasteiger partial charge in [0.15, 0.2) is 0 Å². The Hall–Kier alpha value is -2.14. The fourth-order valence-corrected chi connectivity index (χ4v) is 3.08. The zero-order valence-electron chi connectivity index (χ0n) is 15.4. The summed E-state index contributed by atoms with van der Waals surface area (Å²) in [6.45, 7) is 10.6. The summed E-state index contributed by atoms with van der Waals surface area (Å²) in [5.41, 5.74) is 2.12. The first kappa shape index (κ1) is 17.7. The maximum absolute atomic E-state index is 4.86. The zero-order valence-corrected chi connectivity index (χ0v) is 15.4. The minimum Gasteiger partial charge on any atom is -0.370 e. The summed E-state index contributed by atoms with van der Waals surface area (Å²) in [6.07, 6.45) is 2.32. The third-order valence-electron chi connectivity index (χ3n) is 4.72. The molecule has 3 rings (SSSR count). The Balaban J connectivity index is 1.84. The Morgan fingerprint density at radius 2 is 1.76 bits per heavy atom. The van der Waals surface area contributed by atoms with Crippen molar-refractivity contribution in [2.24, 2.45) is 0 Å². The van der Waals surface area contributed by atoms with Crippen molar-refractivity contribution < 1.29 is 0 Å². The Morgan fingerprint density at radius 1 is 1.00 bits per heavy atom. The van der Waals surface area contributed by atoms with Gasteiger partial charge in [-0.3, -0.25) is 0 Å². The minimum absolute atomic E-state index is 0.844. The van der Waals surface area contributed by atoms with Crippen LogP contribution in [0.25, 0.3) is 11.3 Å². The van der Waals surface area contributed by atoms with E-state index >= 15 is 0 Å². The molecular weight excluding hydrogens is 310 g/mol. The van der Waals surface area contributed by atoms with Crippen LogP contribution in [0.5, 0.6) is 0 Å². The maximum atomic E-state index is 4.86. The number of likely N-dealkylation sites (N-methyl/N-ethyl adjacent to an activating group) is 1. The normalized spacial score (nSPS) is 15.4. The van der Waals surface area contributed by atoms with Gasteiger partial charge in [0.05, 0.1) is 5.69 Å². The van der Waals surface area contributed by atoms with Crippen LogP contribution in [0.4, 0.5) is 11.8 Å². The molecule has 5 nitrogen and oxygen atoms in total. The van der Waals surface area contributed by atoms with E-state index in [2.05, 4.69) is 59.3 Å². The number of hydrogen-bond donors (Lipinski definition) is 1. The molecule has 2 aromatic rings. The SMILES string of the molecule is CCCCNc1cc(-c2ccccc2)nc(N2CCN(CC)CC2)n1. The summed E-state index contributed by atoms with van der Waals surface area (Å²) in [7, 11) is 0. The first-order valence-electron chi connectivity index (χ1n) is 9.45. The van der Waals surface area contributed by atoms with Crippen molar-refractivity contribution in [3.8, 4) is 11.3 Å². The molecule has 2 heterocycles. The van der Waals surface area contributed by atoms with Crippen LogP contribution in [-0.2, 0) is 0 Å². The highest BCUT2D eigenvalue weighted by molar-refractivity contribution is 5.64. The second-order valence-corrected chi connectivity index (χ2v) is 6.51. The number of nitrogens with zero attached hydrogens (tertiary/aromatic N) is 4. The molecule has 1 aromatic carbocycles. The summed E-state index contributed by atoms with van der Waals surface area (Å²) in [6, 6.07) is 12.4. The van der Waals surface area contributed by atoms with E-state index in [1.165, 1.54) is 6.42 Å². The fraction of sp³-hybridized carbons (Fsp3) is 0.500. The molecule has 0 bridgehead atoms. The first-order valence-corrected chi connectivity index (χ1v) is 9.45. The maximum Gasteiger partial charge on any atom is 0.227 e. The number of rotatable bonds is 7. The van der Waals surface area contributed by atoms with E-state index in [0.29, 0.717) is 0 Å². The number of unbranched alkanes of at least 4 members (excludes halogenated alkanes) is 1. The first-order chi connectivity index (χ1) is 12.3. The van der Waals surface area contributed by atoms with Gasteiger partial charge in [0.25, 0.3) is 0 Å². The predicted octanol–water partition coefficient (Wildman–Crippen LogP) is 3.50. The minimum atomic E-state index is 0.844. The van der Waals surface area contributed by atoms with Crippen LogP contribution < -0.4 is 10.2 Å². The van der Waals surface area contributed by atoms with Crippen molar-refractivity contribution >= 4 is 11.8 Å². The third-order valence-corrected chi connectivity index (χ3v) is 4.72. The van der Waals surface area contributed by atoms with E-state index in [0.717, 1.165) is 68.7 Å². The summed E-state index contributed by atoms with van der Waals surface area (Å²) >= 11 is 0. The van der Waals surface area contributed by atoms with E-state index in [9.17, 15) is 0 Å². The molecule has 1 N–H and O–H groups in total. The van der Waals surface area contributed by atoms with Crippen LogP contribution in [0.2, 0.25) is 0 Å². The number of aromatic nitrogens is 2. The van der Waals surface area contributed by atoms with Crippen LogP contribution in [0.15, 0.2) is 36.4 Å². The molecule has 0 atom stereocenters. The van der Waals surface area contributed by atoms with E-state index in [-0.39, 0.29) is 0 Å². The van der Waals surface area contributed by atoms with Crippen LogP contribution in [0, 0.1) is 0 Å². The Kier molecular flexibility index (Phi) is 6.23. The van der Waals surface area contributed by atoms with Gasteiger partial charge in [-0.15, -0.1) is 0 Å². The Morgan fingerprint density at radius 3 is 2.44 bits per heavy atom. The van der Waals surface area contributed by atoms with Gasteiger partial charge in [-0.2, -0.15) is 4.98 Å². The summed E-state index contributed by atoms with van der Waals surface area (Å²) < 4.78 is 0. The van der Waals surface area contributed by atoms with E-state index in [1.807, 2.05) is 6.07 Å². The quantitative estimate of drug-likeness (QED) is 0.782. The molecule has 0 aliphatic carbocycles.